The minimum Gasteiger partial charge on any atom is -0.337 e. The van der Waals surface area contributed by atoms with Gasteiger partial charge in [-0.3, -0.25) is 9.78 Å². The Morgan fingerprint density at radius 1 is 1.30 bits per heavy atom. The minimum absolute atomic E-state index is 0.0484. The number of rotatable bonds is 3. The van der Waals surface area contributed by atoms with E-state index in [1.54, 1.807) is 7.05 Å². The number of hydrogen-bond acceptors (Lipinski definition) is 2. The van der Waals surface area contributed by atoms with E-state index < -0.39 is 5.82 Å². The molecule has 0 spiro atoms. The highest BCUT2D eigenvalue weighted by Crippen LogP contribution is 2.15. The number of pyridine rings is 1. The van der Waals surface area contributed by atoms with Crippen molar-refractivity contribution in [2.45, 2.75) is 20.4 Å². The molecule has 3 nitrogen and oxygen atoms in total. The van der Waals surface area contributed by atoms with Gasteiger partial charge in [0, 0.05) is 19.8 Å². The Morgan fingerprint density at radius 3 is 2.70 bits per heavy atom. The summed E-state index contributed by atoms with van der Waals surface area (Å²) >= 11 is 0. The van der Waals surface area contributed by atoms with Gasteiger partial charge < -0.3 is 4.90 Å². The highest BCUT2D eigenvalue weighted by atomic mass is 19.1. The zero-order chi connectivity index (χ0) is 14.7. The molecule has 1 amide bonds. The van der Waals surface area contributed by atoms with E-state index in [1.807, 2.05) is 26.0 Å². The molecular formula is C16H17FN2O. The molecule has 0 radical (unpaired) electrons. The quantitative estimate of drug-likeness (QED) is 0.860. The number of carbonyl (C=O) groups is 1. The Hall–Kier alpha value is -2.23. The number of benzene rings is 1. The molecule has 0 fully saturated rings. The van der Waals surface area contributed by atoms with Crippen molar-refractivity contribution in [2.75, 3.05) is 7.05 Å². The zero-order valence-corrected chi connectivity index (χ0v) is 11.9. The molecule has 20 heavy (non-hydrogen) atoms. The molecule has 2 rings (SSSR count). The minimum atomic E-state index is -0.593. The first-order valence-electron chi connectivity index (χ1n) is 6.40. The SMILES string of the molecule is Cc1ccc(CN(C)C(=O)c2ccncc2F)c(C)c1. The van der Waals surface area contributed by atoms with E-state index in [4.69, 9.17) is 0 Å². The van der Waals surface area contributed by atoms with Gasteiger partial charge in [0.05, 0.1) is 11.8 Å². The molecule has 0 N–H and O–H groups in total. The lowest BCUT2D eigenvalue weighted by Crippen LogP contribution is -2.27. The lowest BCUT2D eigenvalue weighted by atomic mass is 10.1. The molecule has 1 aromatic carbocycles. The predicted octanol–water partition coefficient (Wildman–Crippen LogP) is 3.11. The summed E-state index contributed by atoms with van der Waals surface area (Å²) < 4.78 is 13.6. The maximum Gasteiger partial charge on any atom is 0.256 e. The molecule has 104 valence electrons. The van der Waals surface area contributed by atoms with Gasteiger partial charge in [-0.1, -0.05) is 23.8 Å². The summed E-state index contributed by atoms with van der Waals surface area (Å²) in [6, 6.07) is 7.47. The Labute approximate surface area is 118 Å². The van der Waals surface area contributed by atoms with Crippen LogP contribution in [0.25, 0.3) is 0 Å². The number of hydrogen-bond donors (Lipinski definition) is 0. The largest absolute Gasteiger partial charge is 0.337 e. The molecule has 4 heteroatoms. The number of nitrogens with zero attached hydrogens (tertiary/aromatic N) is 2. The first-order chi connectivity index (χ1) is 9.49. The van der Waals surface area contributed by atoms with Gasteiger partial charge >= 0.3 is 0 Å². The highest BCUT2D eigenvalue weighted by molar-refractivity contribution is 5.94. The van der Waals surface area contributed by atoms with Gasteiger partial charge in [0.2, 0.25) is 0 Å². The topological polar surface area (TPSA) is 33.2 Å². The van der Waals surface area contributed by atoms with Crippen LogP contribution < -0.4 is 0 Å². The Kier molecular flexibility index (Phi) is 4.13. The van der Waals surface area contributed by atoms with Gasteiger partial charge in [-0.25, -0.2) is 4.39 Å². The van der Waals surface area contributed by atoms with E-state index in [9.17, 15) is 9.18 Å². The van der Waals surface area contributed by atoms with Gasteiger partial charge in [0.15, 0.2) is 5.82 Å². The lowest BCUT2D eigenvalue weighted by Gasteiger charge is -2.19. The Bertz CT molecular complexity index is 640. The van der Waals surface area contributed by atoms with Crippen molar-refractivity contribution in [2.24, 2.45) is 0 Å². The molecule has 1 heterocycles. The second-order valence-corrected chi connectivity index (χ2v) is 4.95. The van der Waals surface area contributed by atoms with Crippen LogP contribution in [0.3, 0.4) is 0 Å². The molecule has 0 unspecified atom stereocenters. The normalized spacial score (nSPS) is 10.4. The van der Waals surface area contributed by atoms with E-state index in [2.05, 4.69) is 11.1 Å². The summed E-state index contributed by atoms with van der Waals surface area (Å²) in [5.41, 5.74) is 3.41. The average molecular weight is 272 g/mol. The van der Waals surface area contributed by atoms with Crippen LogP contribution in [0.2, 0.25) is 0 Å². The van der Waals surface area contributed by atoms with Crippen LogP contribution in [-0.2, 0) is 6.54 Å². The zero-order valence-electron chi connectivity index (χ0n) is 11.9. The van der Waals surface area contributed by atoms with Gasteiger partial charge in [0.25, 0.3) is 5.91 Å². The number of amides is 1. The van der Waals surface area contributed by atoms with Crippen molar-refractivity contribution in [3.63, 3.8) is 0 Å². The fourth-order valence-corrected chi connectivity index (χ4v) is 2.10. The lowest BCUT2D eigenvalue weighted by molar-refractivity contribution is 0.0780. The molecule has 0 atom stereocenters. The van der Waals surface area contributed by atoms with Crippen LogP contribution in [0, 0.1) is 19.7 Å². The van der Waals surface area contributed by atoms with Gasteiger partial charge in [0.1, 0.15) is 0 Å². The van der Waals surface area contributed by atoms with Crippen molar-refractivity contribution >= 4 is 5.91 Å². The summed E-state index contributed by atoms with van der Waals surface area (Å²) in [5.74, 6) is -0.935. The molecule has 0 bridgehead atoms. The van der Waals surface area contributed by atoms with Crippen molar-refractivity contribution in [1.82, 2.24) is 9.88 Å². The van der Waals surface area contributed by atoms with Crippen molar-refractivity contribution in [1.29, 1.82) is 0 Å². The third-order valence-electron chi connectivity index (χ3n) is 3.26. The molecule has 0 aliphatic heterocycles. The first kappa shape index (κ1) is 14.2. The van der Waals surface area contributed by atoms with Crippen LogP contribution in [0.5, 0.6) is 0 Å². The van der Waals surface area contributed by atoms with Crippen molar-refractivity contribution < 1.29 is 9.18 Å². The monoisotopic (exact) mass is 272 g/mol. The summed E-state index contributed by atoms with van der Waals surface area (Å²) in [5, 5.41) is 0. The second-order valence-electron chi connectivity index (χ2n) is 4.95. The van der Waals surface area contributed by atoms with E-state index in [-0.39, 0.29) is 11.5 Å². The number of carbonyl (C=O) groups excluding carboxylic acids is 1. The van der Waals surface area contributed by atoms with E-state index in [0.29, 0.717) is 6.54 Å². The van der Waals surface area contributed by atoms with Crippen molar-refractivity contribution in [3.8, 4) is 0 Å². The standard InChI is InChI=1S/C16H17FN2O/c1-11-4-5-13(12(2)8-11)10-19(3)16(20)14-6-7-18-9-15(14)17/h4-9H,10H2,1-3H3. The molecule has 0 aliphatic carbocycles. The molecule has 0 saturated heterocycles. The van der Waals surface area contributed by atoms with Gasteiger partial charge in [-0.05, 0) is 31.0 Å². The highest BCUT2D eigenvalue weighted by Gasteiger charge is 2.16. The van der Waals surface area contributed by atoms with E-state index in [0.717, 1.165) is 17.3 Å². The summed E-state index contributed by atoms with van der Waals surface area (Å²) in [7, 11) is 1.67. The number of aromatic nitrogens is 1. The maximum atomic E-state index is 13.6. The fourth-order valence-electron chi connectivity index (χ4n) is 2.10. The third-order valence-corrected chi connectivity index (χ3v) is 3.26. The van der Waals surface area contributed by atoms with Crippen LogP contribution in [0.4, 0.5) is 4.39 Å². The molecule has 1 aromatic heterocycles. The molecule has 2 aromatic rings. The Balaban J connectivity index is 2.18. The third kappa shape index (κ3) is 3.02. The average Bonchev–Trinajstić information content (AvgIpc) is 2.41. The first-order valence-corrected chi connectivity index (χ1v) is 6.40. The van der Waals surface area contributed by atoms with Crippen molar-refractivity contribution in [3.05, 3.63) is 64.7 Å². The van der Waals surface area contributed by atoms with Crippen LogP contribution in [-0.4, -0.2) is 22.8 Å². The predicted molar refractivity (Wildman–Crippen MR) is 75.9 cm³/mol. The summed E-state index contributed by atoms with van der Waals surface area (Å²) in [4.78, 5) is 17.4. The van der Waals surface area contributed by atoms with Gasteiger partial charge in [-0.15, -0.1) is 0 Å². The maximum absolute atomic E-state index is 13.6. The second kappa shape index (κ2) is 5.82. The smallest absolute Gasteiger partial charge is 0.256 e. The van der Waals surface area contributed by atoms with E-state index >= 15 is 0 Å². The van der Waals surface area contributed by atoms with Gasteiger partial charge in [-0.2, -0.15) is 0 Å². The molecule has 0 aliphatic rings. The number of halogens is 1. The molecular weight excluding hydrogens is 255 g/mol. The fraction of sp³-hybridized carbons (Fsp3) is 0.250. The van der Waals surface area contributed by atoms with Crippen LogP contribution in [0.15, 0.2) is 36.7 Å². The summed E-state index contributed by atoms with van der Waals surface area (Å²) in [6.45, 7) is 4.48. The number of aryl methyl sites for hydroxylation is 2. The van der Waals surface area contributed by atoms with E-state index in [1.165, 1.54) is 22.7 Å². The Morgan fingerprint density at radius 2 is 2.05 bits per heavy atom. The molecule has 0 saturated carbocycles. The summed E-state index contributed by atoms with van der Waals surface area (Å²) in [6.07, 6.45) is 2.47. The van der Waals surface area contributed by atoms with Crippen LogP contribution in [0.1, 0.15) is 27.0 Å². The van der Waals surface area contributed by atoms with Crippen LogP contribution >= 0.6 is 0 Å².